The Balaban J connectivity index is 2.17. The van der Waals surface area contributed by atoms with Gasteiger partial charge in [0.05, 0.1) is 17.7 Å². The van der Waals surface area contributed by atoms with Crippen molar-refractivity contribution in [3.05, 3.63) is 73.7 Å². The number of ketones is 1. The lowest BCUT2D eigenvalue weighted by Crippen LogP contribution is -2.31. The molecule has 0 radical (unpaired) electrons. The van der Waals surface area contributed by atoms with Gasteiger partial charge in [-0.05, 0) is 18.4 Å². The summed E-state index contributed by atoms with van der Waals surface area (Å²) < 4.78 is 0.846. The summed E-state index contributed by atoms with van der Waals surface area (Å²) in [6, 6.07) is 7.90. The molecule has 0 aliphatic rings. The number of aryl methyl sites for hydroxylation is 1. The molecule has 1 aromatic heterocycles. The van der Waals surface area contributed by atoms with Gasteiger partial charge in [0, 0.05) is 11.6 Å². The van der Waals surface area contributed by atoms with Crippen molar-refractivity contribution in [1.29, 1.82) is 0 Å². The van der Waals surface area contributed by atoms with Crippen molar-refractivity contribution in [1.82, 2.24) is 4.57 Å². The molecule has 0 spiro atoms. The van der Waals surface area contributed by atoms with Crippen LogP contribution in [-0.4, -0.2) is 21.2 Å². The van der Waals surface area contributed by atoms with Gasteiger partial charge in [0.2, 0.25) is 0 Å². The Labute approximate surface area is 162 Å². The summed E-state index contributed by atoms with van der Waals surface area (Å²) >= 11 is 0. The Morgan fingerprint density at radius 1 is 1.14 bits per heavy atom. The fourth-order valence-electron chi connectivity index (χ4n) is 2.87. The van der Waals surface area contributed by atoms with Crippen molar-refractivity contribution in [2.75, 3.05) is 0 Å². The number of nitrogens with two attached hydrogens (primary N) is 1. The van der Waals surface area contributed by atoms with E-state index in [1.807, 2.05) is 12.1 Å². The molecule has 0 saturated carbocycles. The third-order valence-corrected chi connectivity index (χ3v) is 4.46. The van der Waals surface area contributed by atoms with E-state index in [1.54, 1.807) is 12.1 Å². The second-order valence-corrected chi connectivity index (χ2v) is 6.60. The molecule has 1 heterocycles. The second-order valence-electron chi connectivity index (χ2n) is 6.60. The highest BCUT2D eigenvalue weighted by atomic mass is 16.6. The van der Waals surface area contributed by atoms with Gasteiger partial charge in [-0.3, -0.25) is 24.5 Å². The third-order valence-electron chi connectivity index (χ3n) is 4.46. The lowest BCUT2D eigenvalue weighted by atomic mass is 10.0. The Morgan fingerprint density at radius 2 is 1.82 bits per heavy atom. The Hall–Kier alpha value is -3.29. The molecule has 8 nitrogen and oxygen atoms in total. The number of pyridine rings is 1. The van der Waals surface area contributed by atoms with Gasteiger partial charge in [0.15, 0.2) is 5.78 Å². The van der Waals surface area contributed by atoms with Gasteiger partial charge in [0.1, 0.15) is 5.56 Å². The number of unbranched alkanes of at least 4 members (excludes halogenated alkanes) is 3. The van der Waals surface area contributed by atoms with Crippen LogP contribution in [0, 0.1) is 10.1 Å². The number of rotatable bonds is 10. The maximum absolute atomic E-state index is 12.5. The SMILES string of the molecule is CCCCCCc1ccc(C(=O)Cn2cc([N+](=O)[O-])cc(C(N)=O)c2=O)cc1. The fourth-order valence-corrected chi connectivity index (χ4v) is 2.87. The average Bonchev–Trinajstić information content (AvgIpc) is 2.66. The lowest BCUT2D eigenvalue weighted by molar-refractivity contribution is -0.385. The van der Waals surface area contributed by atoms with E-state index in [1.165, 1.54) is 12.8 Å². The number of nitro groups is 1. The molecule has 8 heteroatoms. The molecule has 0 aliphatic heterocycles. The zero-order valence-corrected chi connectivity index (χ0v) is 15.7. The van der Waals surface area contributed by atoms with Crippen molar-refractivity contribution < 1.29 is 14.5 Å². The van der Waals surface area contributed by atoms with Crippen molar-refractivity contribution in [3.8, 4) is 0 Å². The summed E-state index contributed by atoms with van der Waals surface area (Å²) in [5.41, 5.74) is 4.78. The summed E-state index contributed by atoms with van der Waals surface area (Å²) in [5.74, 6) is -1.47. The van der Waals surface area contributed by atoms with Gasteiger partial charge in [-0.25, -0.2) is 0 Å². The predicted molar refractivity (Wildman–Crippen MR) is 104 cm³/mol. The largest absolute Gasteiger partial charge is 0.365 e. The van der Waals surface area contributed by atoms with E-state index < -0.39 is 40.0 Å². The molecule has 2 N–H and O–H groups in total. The van der Waals surface area contributed by atoms with E-state index in [0.717, 1.165) is 41.7 Å². The molecule has 1 amide bonds. The van der Waals surface area contributed by atoms with Gasteiger partial charge in [-0.15, -0.1) is 0 Å². The summed E-state index contributed by atoms with van der Waals surface area (Å²) in [5, 5.41) is 11.0. The zero-order chi connectivity index (χ0) is 20.7. The highest BCUT2D eigenvalue weighted by Gasteiger charge is 2.19. The minimum atomic E-state index is -1.08. The Kier molecular flexibility index (Phi) is 7.20. The quantitative estimate of drug-likeness (QED) is 0.291. The monoisotopic (exact) mass is 385 g/mol. The van der Waals surface area contributed by atoms with E-state index in [4.69, 9.17) is 5.73 Å². The van der Waals surface area contributed by atoms with Crippen LogP contribution < -0.4 is 11.3 Å². The first-order valence-electron chi connectivity index (χ1n) is 9.14. The number of carbonyl (C=O) groups excluding carboxylic acids is 2. The topological polar surface area (TPSA) is 125 Å². The normalized spacial score (nSPS) is 10.6. The van der Waals surface area contributed by atoms with E-state index >= 15 is 0 Å². The molecule has 28 heavy (non-hydrogen) atoms. The van der Waals surface area contributed by atoms with Crippen LogP contribution in [0.25, 0.3) is 0 Å². The zero-order valence-electron chi connectivity index (χ0n) is 15.7. The molecule has 2 rings (SSSR count). The lowest BCUT2D eigenvalue weighted by Gasteiger charge is -2.08. The molecule has 0 atom stereocenters. The standard InChI is InChI=1S/C20H23N3O5/c1-2-3-4-5-6-14-7-9-15(10-8-14)18(24)13-22-12-16(23(27)28)11-17(19(21)25)20(22)26/h7-12H,2-6,13H2,1H3,(H2,21,25). The van der Waals surface area contributed by atoms with Gasteiger partial charge in [-0.2, -0.15) is 0 Å². The van der Waals surface area contributed by atoms with Crippen LogP contribution in [0.1, 0.15) is 58.9 Å². The van der Waals surface area contributed by atoms with Crippen molar-refractivity contribution >= 4 is 17.4 Å². The van der Waals surface area contributed by atoms with Gasteiger partial charge < -0.3 is 10.3 Å². The van der Waals surface area contributed by atoms with E-state index in [9.17, 15) is 24.5 Å². The molecule has 0 fully saturated rings. The van der Waals surface area contributed by atoms with Crippen LogP contribution in [0.5, 0.6) is 0 Å². The highest BCUT2D eigenvalue weighted by molar-refractivity contribution is 5.96. The van der Waals surface area contributed by atoms with Crippen molar-refractivity contribution in [2.24, 2.45) is 5.73 Å². The van der Waals surface area contributed by atoms with Gasteiger partial charge in [0.25, 0.3) is 17.2 Å². The number of amides is 1. The maximum Gasteiger partial charge on any atom is 0.286 e. The molecular formula is C20H23N3O5. The van der Waals surface area contributed by atoms with Crippen molar-refractivity contribution in [3.63, 3.8) is 0 Å². The number of primary amides is 1. The first-order chi connectivity index (χ1) is 13.3. The van der Waals surface area contributed by atoms with Crippen LogP contribution >= 0.6 is 0 Å². The van der Waals surface area contributed by atoms with Crippen LogP contribution in [-0.2, 0) is 13.0 Å². The molecule has 0 bridgehead atoms. The van der Waals surface area contributed by atoms with E-state index in [0.29, 0.717) is 5.56 Å². The van der Waals surface area contributed by atoms with Crippen LogP contribution in [0.2, 0.25) is 0 Å². The van der Waals surface area contributed by atoms with Crippen LogP contribution in [0.3, 0.4) is 0 Å². The molecule has 0 saturated heterocycles. The highest BCUT2D eigenvalue weighted by Crippen LogP contribution is 2.13. The second kappa shape index (κ2) is 9.59. The average molecular weight is 385 g/mol. The number of hydrogen-bond acceptors (Lipinski definition) is 5. The summed E-state index contributed by atoms with van der Waals surface area (Å²) in [7, 11) is 0. The smallest absolute Gasteiger partial charge is 0.286 e. The number of benzene rings is 1. The van der Waals surface area contributed by atoms with Crippen LogP contribution in [0.4, 0.5) is 5.69 Å². The number of carbonyl (C=O) groups is 2. The molecule has 1 aromatic carbocycles. The summed E-state index contributed by atoms with van der Waals surface area (Å²) in [6.07, 6.45) is 6.48. The maximum atomic E-state index is 12.5. The minimum Gasteiger partial charge on any atom is -0.365 e. The van der Waals surface area contributed by atoms with Gasteiger partial charge in [-0.1, -0.05) is 50.5 Å². The van der Waals surface area contributed by atoms with Crippen LogP contribution in [0.15, 0.2) is 41.3 Å². The predicted octanol–water partition coefficient (Wildman–Crippen LogP) is 2.86. The fraction of sp³-hybridized carbons (Fsp3) is 0.350. The third kappa shape index (κ3) is 5.35. The number of Topliss-reactive ketones (excluding diaryl/α,β-unsaturated/α-hetero) is 1. The van der Waals surface area contributed by atoms with Crippen molar-refractivity contribution in [2.45, 2.75) is 45.6 Å². The molecule has 0 unspecified atom stereocenters. The first-order valence-corrected chi connectivity index (χ1v) is 9.14. The summed E-state index contributed by atoms with van der Waals surface area (Å²) in [6.45, 7) is 1.73. The Morgan fingerprint density at radius 3 is 2.39 bits per heavy atom. The molecular weight excluding hydrogens is 362 g/mol. The Bertz CT molecular complexity index is 932. The number of hydrogen-bond donors (Lipinski definition) is 1. The summed E-state index contributed by atoms with van der Waals surface area (Å²) in [4.78, 5) is 46.4. The minimum absolute atomic E-state index is 0.385. The number of aromatic nitrogens is 1. The molecule has 148 valence electrons. The molecule has 2 aromatic rings. The van der Waals surface area contributed by atoms with Gasteiger partial charge >= 0.3 is 0 Å². The molecule has 0 aliphatic carbocycles. The van der Waals surface area contributed by atoms with E-state index in [2.05, 4.69) is 6.92 Å². The number of nitrogens with zero attached hydrogens (tertiary/aromatic N) is 2. The van der Waals surface area contributed by atoms with E-state index in [-0.39, 0.29) is 0 Å². The first kappa shape index (κ1) is 21.0.